The van der Waals surface area contributed by atoms with E-state index >= 15 is 0 Å². The van der Waals surface area contributed by atoms with Gasteiger partial charge in [-0.2, -0.15) is 0 Å². The van der Waals surface area contributed by atoms with Crippen LogP contribution in [0.4, 0.5) is 0 Å². The molecule has 0 spiro atoms. The second kappa shape index (κ2) is 3.00. The van der Waals surface area contributed by atoms with E-state index in [1.807, 2.05) is 22.6 Å². The molecule has 0 unspecified atom stereocenters. The third-order valence-electron chi connectivity index (χ3n) is 4.44. The molecule has 3 rings (SSSR count). The highest BCUT2D eigenvalue weighted by Crippen LogP contribution is 2.54. The summed E-state index contributed by atoms with van der Waals surface area (Å²) in [7, 11) is 1.96. The summed E-state index contributed by atoms with van der Waals surface area (Å²) >= 11 is 0. The van der Waals surface area contributed by atoms with Crippen LogP contribution in [0.3, 0.4) is 0 Å². The summed E-state index contributed by atoms with van der Waals surface area (Å²) in [5.74, 6) is 0.959. The Balaban J connectivity index is 1.89. The van der Waals surface area contributed by atoms with Gasteiger partial charge in [-0.3, -0.25) is 14.2 Å². The van der Waals surface area contributed by atoms with Crippen LogP contribution in [0.1, 0.15) is 32.1 Å². The van der Waals surface area contributed by atoms with Gasteiger partial charge in [-0.05, 0) is 43.4 Å². The van der Waals surface area contributed by atoms with Gasteiger partial charge in [0.1, 0.15) is 0 Å². The maximum absolute atomic E-state index is 11.6. The zero-order valence-electron chi connectivity index (χ0n) is 9.28. The topological polar surface area (TPSA) is 26.9 Å². The monoisotopic (exact) mass is 206 g/mol. The van der Waals surface area contributed by atoms with Crippen molar-refractivity contribution in [2.45, 2.75) is 38.6 Å². The standard InChI is InChI=1S/C12H18N2O/c1-13-7-4-11(15)14(13)9-12-5-2-10(8-12)3-6-12/h4,7,10H,2-3,5-6,8-9H2,1H3. The zero-order valence-corrected chi connectivity index (χ0v) is 9.28. The smallest absolute Gasteiger partial charge is 0.266 e. The van der Waals surface area contributed by atoms with Gasteiger partial charge < -0.3 is 0 Å². The summed E-state index contributed by atoms with van der Waals surface area (Å²) in [6, 6.07) is 1.66. The van der Waals surface area contributed by atoms with Crippen LogP contribution in [-0.4, -0.2) is 9.36 Å². The molecule has 15 heavy (non-hydrogen) atoms. The first-order valence-electron chi connectivity index (χ1n) is 5.91. The minimum absolute atomic E-state index is 0.155. The lowest BCUT2D eigenvalue weighted by molar-refractivity contribution is 0.222. The predicted molar refractivity (Wildman–Crippen MR) is 58.7 cm³/mol. The van der Waals surface area contributed by atoms with Crippen LogP contribution in [0.5, 0.6) is 0 Å². The predicted octanol–water partition coefficient (Wildman–Crippen LogP) is 1.77. The van der Waals surface area contributed by atoms with E-state index < -0.39 is 0 Å². The van der Waals surface area contributed by atoms with E-state index in [9.17, 15) is 4.79 Å². The van der Waals surface area contributed by atoms with Crippen LogP contribution in [0.2, 0.25) is 0 Å². The highest BCUT2D eigenvalue weighted by atomic mass is 16.1. The molecule has 82 valence electrons. The highest BCUT2D eigenvalue weighted by molar-refractivity contribution is 4.96. The van der Waals surface area contributed by atoms with Crippen LogP contribution >= 0.6 is 0 Å². The Kier molecular flexibility index (Phi) is 1.85. The summed E-state index contributed by atoms with van der Waals surface area (Å²) in [5, 5.41) is 0. The zero-order chi connectivity index (χ0) is 10.5. The first-order chi connectivity index (χ1) is 7.19. The van der Waals surface area contributed by atoms with Gasteiger partial charge in [0.05, 0.1) is 0 Å². The van der Waals surface area contributed by atoms with Crippen LogP contribution in [0.15, 0.2) is 17.1 Å². The molecule has 0 atom stereocenters. The average molecular weight is 206 g/mol. The van der Waals surface area contributed by atoms with E-state index in [2.05, 4.69) is 0 Å². The normalized spacial score (nSPS) is 33.8. The molecule has 0 radical (unpaired) electrons. The SMILES string of the molecule is Cn1ccc(=O)n1CC12CCC(CC1)C2. The third-order valence-corrected chi connectivity index (χ3v) is 4.44. The Hall–Kier alpha value is -0.990. The number of nitrogens with zero attached hydrogens (tertiary/aromatic N) is 2. The summed E-state index contributed by atoms with van der Waals surface area (Å²) in [4.78, 5) is 11.6. The molecule has 1 heterocycles. The number of fused-ring (bicyclic) bond motifs is 2. The van der Waals surface area contributed by atoms with Gasteiger partial charge in [-0.25, -0.2) is 0 Å². The van der Waals surface area contributed by atoms with E-state index in [0.717, 1.165) is 12.5 Å². The molecule has 2 saturated carbocycles. The van der Waals surface area contributed by atoms with Crippen LogP contribution < -0.4 is 5.56 Å². The Labute approximate surface area is 89.7 Å². The summed E-state index contributed by atoms with van der Waals surface area (Å²) in [5.41, 5.74) is 0.614. The molecule has 2 bridgehead atoms. The number of aromatic nitrogens is 2. The Bertz CT molecular complexity index is 421. The Morgan fingerprint density at radius 2 is 2.20 bits per heavy atom. The molecule has 1 aromatic rings. The van der Waals surface area contributed by atoms with E-state index in [-0.39, 0.29) is 5.56 Å². The molecule has 0 N–H and O–H groups in total. The molecule has 0 aromatic carbocycles. The van der Waals surface area contributed by atoms with Crippen LogP contribution in [-0.2, 0) is 13.6 Å². The molecule has 3 heteroatoms. The minimum atomic E-state index is 0.155. The molecule has 2 fully saturated rings. The van der Waals surface area contributed by atoms with Crippen LogP contribution in [0, 0.1) is 11.3 Å². The minimum Gasteiger partial charge on any atom is -0.293 e. The molecular formula is C12H18N2O. The maximum atomic E-state index is 11.6. The van der Waals surface area contributed by atoms with Crippen molar-refractivity contribution in [3.8, 4) is 0 Å². The molecule has 2 aliphatic rings. The molecule has 0 aliphatic heterocycles. The van der Waals surface area contributed by atoms with E-state index in [1.54, 1.807) is 6.07 Å². The fourth-order valence-electron chi connectivity index (χ4n) is 3.53. The molecule has 2 aliphatic carbocycles. The van der Waals surface area contributed by atoms with Crippen molar-refractivity contribution >= 4 is 0 Å². The van der Waals surface area contributed by atoms with Gasteiger partial charge in [0.25, 0.3) is 5.56 Å². The Morgan fingerprint density at radius 3 is 2.67 bits per heavy atom. The number of hydrogen-bond acceptors (Lipinski definition) is 1. The highest BCUT2D eigenvalue weighted by Gasteiger charge is 2.45. The fourth-order valence-corrected chi connectivity index (χ4v) is 3.53. The lowest BCUT2D eigenvalue weighted by Crippen LogP contribution is -2.30. The van der Waals surface area contributed by atoms with Gasteiger partial charge in [0, 0.05) is 25.9 Å². The molecule has 0 amide bonds. The summed E-state index contributed by atoms with van der Waals surface area (Å²) in [6.45, 7) is 0.936. The van der Waals surface area contributed by atoms with Crippen molar-refractivity contribution in [2.24, 2.45) is 18.4 Å². The lowest BCUT2D eigenvalue weighted by Gasteiger charge is -2.27. The lowest BCUT2D eigenvalue weighted by atomic mass is 9.84. The van der Waals surface area contributed by atoms with Crippen molar-refractivity contribution in [3.63, 3.8) is 0 Å². The maximum Gasteiger partial charge on any atom is 0.266 e. The summed E-state index contributed by atoms with van der Waals surface area (Å²) in [6.07, 6.45) is 8.65. The molecule has 3 nitrogen and oxygen atoms in total. The van der Waals surface area contributed by atoms with Crippen molar-refractivity contribution in [2.75, 3.05) is 0 Å². The third kappa shape index (κ3) is 1.36. The van der Waals surface area contributed by atoms with E-state index in [1.165, 1.54) is 32.1 Å². The van der Waals surface area contributed by atoms with Crippen LogP contribution in [0.25, 0.3) is 0 Å². The van der Waals surface area contributed by atoms with Crippen molar-refractivity contribution in [1.82, 2.24) is 9.36 Å². The first kappa shape index (κ1) is 9.25. The van der Waals surface area contributed by atoms with Gasteiger partial charge in [-0.15, -0.1) is 0 Å². The fraction of sp³-hybridized carbons (Fsp3) is 0.750. The molecular weight excluding hydrogens is 188 g/mol. The largest absolute Gasteiger partial charge is 0.293 e. The summed E-state index contributed by atoms with van der Waals surface area (Å²) < 4.78 is 3.83. The molecule has 0 saturated heterocycles. The van der Waals surface area contributed by atoms with Gasteiger partial charge >= 0.3 is 0 Å². The average Bonchev–Trinajstić information content (AvgIpc) is 2.88. The van der Waals surface area contributed by atoms with E-state index in [0.29, 0.717) is 5.41 Å². The van der Waals surface area contributed by atoms with Gasteiger partial charge in [0.2, 0.25) is 0 Å². The van der Waals surface area contributed by atoms with Gasteiger partial charge in [-0.1, -0.05) is 0 Å². The van der Waals surface area contributed by atoms with E-state index in [4.69, 9.17) is 0 Å². The number of hydrogen-bond donors (Lipinski definition) is 0. The van der Waals surface area contributed by atoms with Crippen molar-refractivity contribution in [1.29, 1.82) is 0 Å². The molecule has 1 aromatic heterocycles. The Morgan fingerprint density at radius 1 is 1.47 bits per heavy atom. The van der Waals surface area contributed by atoms with Crippen molar-refractivity contribution in [3.05, 3.63) is 22.6 Å². The number of rotatable bonds is 2. The first-order valence-corrected chi connectivity index (χ1v) is 5.91. The number of aryl methyl sites for hydroxylation is 1. The van der Waals surface area contributed by atoms with Crippen molar-refractivity contribution < 1.29 is 0 Å². The quantitative estimate of drug-likeness (QED) is 0.724. The second-order valence-corrected chi connectivity index (χ2v) is 5.43. The second-order valence-electron chi connectivity index (χ2n) is 5.43. The van der Waals surface area contributed by atoms with Gasteiger partial charge in [0.15, 0.2) is 0 Å².